The van der Waals surface area contributed by atoms with Crippen LogP contribution in [-0.2, 0) is 6.42 Å². The van der Waals surface area contributed by atoms with E-state index in [1.54, 1.807) is 0 Å². The Kier molecular flexibility index (Phi) is 2.82. The molecule has 0 aliphatic rings. The zero-order valence-electron chi connectivity index (χ0n) is 10.2. The van der Waals surface area contributed by atoms with Gasteiger partial charge in [0.15, 0.2) is 0 Å². The molecule has 2 heterocycles. The topological polar surface area (TPSA) is 17.3 Å². The van der Waals surface area contributed by atoms with Crippen LogP contribution in [0.25, 0.3) is 5.65 Å². The summed E-state index contributed by atoms with van der Waals surface area (Å²) in [4.78, 5) is 4.71. The summed E-state index contributed by atoms with van der Waals surface area (Å²) in [6.07, 6.45) is 3.03. The summed E-state index contributed by atoms with van der Waals surface area (Å²) in [5.74, 6) is 0. The zero-order chi connectivity index (χ0) is 11.9. The van der Waals surface area contributed by atoms with Gasteiger partial charge in [0, 0.05) is 6.20 Å². The Labute approximate surface area is 105 Å². The molecule has 16 heavy (non-hydrogen) atoms. The van der Waals surface area contributed by atoms with Crippen molar-refractivity contribution in [1.82, 2.24) is 9.38 Å². The second-order valence-corrected chi connectivity index (χ2v) is 6.22. The van der Waals surface area contributed by atoms with Crippen LogP contribution in [0.5, 0.6) is 0 Å². The van der Waals surface area contributed by atoms with E-state index in [4.69, 9.17) is 4.98 Å². The number of fused-ring (bicyclic) bond motifs is 1. The highest BCUT2D eigenvalue weighted by Crippen LogP contribution is 2.27. The molecule has 0 N–H and O–H groups in total. The molecule has 0 aliphatic heterocycles. The molecule has 0 radical (unpaired) electrons. The van der Waals surface area contributed by atoms with Crippen molar-refractivity contribution in [1.29, 1.82) is 0 Å². The molecule has 2 rings (SSSR count). The van der Waals surface area contributed by atoms with Gasteiger partial charge in [0.1, 0.15) is 10.3 Å². The van der Waals surface area contributed by atoms with Crippen molar-refractivity contribution in [3.63, 3.8) is 0 Å². The Morgan fingerprint density at radius 1 is 1.38 bits per heavy atom. The molecule has 2 aromatic rings. The van der Waals surface area contributed by atoms with E-state index < -0.39 is 0 Å². The SMILES string of the molecule is Cc1cccn2c(Br)c(CC(C)(C)C)nc12. The maximum absolute atomic E-state index is 4.71. The van der Waals surface area contributed by atoms with Crippen molar-refractivity contribution in [2.75, 3.05) is 0 Å². The second-order valence-electron chi connectivity index (χ2n) is 5.47. The minimum absolute atomic E-state index is 0.258. The molecule has 2 nitrogen and oxygen atoms in total. The lowest BCUT2D eigenvalue weighted by molar-refractivity contribution is 0.406. The van der Waals surface area contributed by atoms with Crippen LogP contribution in [0.4, 0.5) is 0 Å². The molecule has 0 aliphatic carbocycles. The number of hydrogen-bond donors (Lipinski definition) is 0. The van der Waals surface area contributed by atoms with E-state index >= 15 is 0 Å². The van der Waals surface area contributed by atoms with E-state index in [0.717, 1.165) is 22.4 Å². The second kappa shape index (κ2) is 3.88. The molecule has 3 heteroatoms. The Morgan fingerprint density at radius 2 is 2.06 bits per heavy atom. The maximum atomic E-state index is 4.71. The quantitative estimate of drug-likeness (QED) is 0.772. The molecular weight excluding hydrogens is 264 g/mol. The smallest absolute Gasteiger partial charge is 0.140 e. The Bertz CT molecular complexity index is 520. The highest BCUT2D eigenvalue weighted by Gasteiger charge is 2.18. The first-order valence-electron chi connectivity index (χ1n) is 5.50. The fourth-order valence-corrected chi connectivity index (χ4v) is 2.35. The predicted molar refractivity (Wildman–Crippen MR) is 70.8 cm³/mol. The minimum Gasteiger partial charge on any atom is -0.294 e. The van der Waals surface area contributed by atoms with Gasteiger partial charge in [-0.2, -0.15) is 0 Å². The number of halogens is 1. The van der Waals surface area contributed by atoms with Crippen molar-refractivity contribution in [2.45, 2.75) is 34.1 Å². The van der Waals surface area contributed by atoms with Gasteiger partial charge in [-0.05, 0) is 46.3 Å². The van der Waals surface area contributed by atoms with Gasteiger partial charge in [-0.3, -0.25) is 4.40 Å². The summed E-state index contributed by atoms with van der Waals surface area (Å²) in [5.41, 5.74) is 3.66. The summed E-state index contributed by atoms with van der Waals surface area (Å²) in [6, 6.07) is 4.14. The number of imidazole rings is 1. The van der Waals surface area contributed by atoms with E-state index in [9.17, 15) is 0 Å². The number of pyridine rings is 1. The van der Waals surface area contributed by atoms with Crippen LogP contribution < -0.4 is 0 Å². The third kappa shape index (κ3) is 2.14. The fourth-order valence-electron chi connectivity index (χ4n) is 1.84. The zero-order valence-corrected chi connectivity index (χ0v) is 11.8. The first kappa shape index (κ1) is 11.6. The van der Waals surface area contributed by atoms with Crippen LogP contribution in [0, 0.1) is 12.3 Å². The third-order valence-corrected chi connectivity index (χ3v) is 3.39. The summed E-state index contributed by atoms with van der Waals surface area (Å²) < 4.78 is 3.19. The van der Waals surface area contributed by atoms with Crippen molar-refractivity contribution >= 4 is 21.6 Å². The number of rotatable bonds is 1. The largest absolute Gasteiger partial charge is 0.294 e. The highest BCUT2D eigenvalue weighted by atomic mass is 79.9. The lowest BCUT2D eigenvalue weighted by atomic mass is 9.91. The molecule has 0 saturated heterocycles. The van der Waals surface area contributed by atoms with Gasteiger partial charge in [-0.15, -0.1) is 0 Å². The van der Waals surface area contributed by atoms with Gasteiger partial charge in [0.05, 0.1) is 5.69 Å². The first-order chi connectivity index (χ1) is 7.38. The van der Waals surface area contributed by atoms with Crippen LogP contribution >= 0.6 is 15.9 Å². The third-order valence-electron chi connectivity index (χ3n) is 2.55. The molecule has 0 fully saturated rings. The van der Waals surface area contributed by atoms with E-state index in [1.807, 2.05) is 6.20 Å². The van der Waals surface area contributed by atoms with Crippen molar-refractivity contribution in [2.24, 2.45) is 5.41 Å². The Hall–Kier alpha value is -0.830. The lowest BCUT2D eigenvalue weighted by Crippen LogP contribution is -2.09. The summed E-state index contributed by atoms with van der Waals surface area (Å²) in [6.45, 7) is 8.79. The van der Waals surface area contributed by atoms with E-state index in [2.05, 4.69) is 60.2 Å². The normalized spacial score (nSPS) is 12.3. The Balaban J connectivity index is 2.56. The average Bonchev–Trinajstić information content (AvgIpc) is 2.44. The van der Waals surface area contributed by atoms with Crippen LogP contribution in [-0.4, -0.2) is 9.38 Å². The Morgan fingerprint density at radius 3 is 2.62 bits per heavy atom. The van der Waals surface area contributed by atoms with Gasteiger partial charge in [0.2, 0.25) is 0 Å². The molecule has 86 valence electrons. The number of aromatic nitrogens is 2. The molecular formula is C13H17BrN2. The highest BCUT2D eigenvalue weighted by molar-refractivity contribution is 9.10. The van der Waals surface area contributed by atoms with Crippen molar-refractivity contribution in [3.8, 4) is 0 Å². The van der Waals surface area contributed by atoms with E-state index in [1.165, 1.54) is 5.56 Å². The number of nitrogens with zero attached hydrogens (tertiary/aromatic N) is 2. The summed E-state index contributed by atoms with van der Waals surface area (Å²) in [5, 5.41) is 0. The first-order valence-corrected chi connectivity index (χ1v) is 6.30. The average molecular weight is 281 g/mol. The van der Waals surface area contributed by atoms with Gasteiger partial charge in [0.25, 0.3) is 0 Å². The molecule has 0 amide bonds. The monoisotopic (exact) mass is 280 g/mol. The standard InChI is InChI=1S/C13H17BrN2/c1-9-6-5-7-16-11(14)10(15-12(9)16)8-13(2,3)4/h5-7H,8H2,1-4H3. The lowest BCUT2D eigenvalue weighted by Gasteiger charge is -2.16. The molecule has 0 unspecified atom stereocenters. The molecule has 0 spiro atoms. The van der Waals surface area contributed by atoms with Gasteiger partial charge < -0.3 is 0 Å². The molecule has 0 atom stereocenters. The van der Waals surface area contributed by atoms with Crippen molar-refractivity contribution < 1.29 is 0 Å². The number of aryl methyl sites for hydroxylation is 1. The molecule has 0 saturated carbocycles. The number of hydrogen-bond acceptors (Lipinski definition) is 1. The summed E-state index contributed by atoms with van der Waals surface area (Å²) in [7, 11) is 0. The minimum atomic E-state index is 0.258. The van der Waals surface area contributed by atoms with Crippen LogP contribution in [0.1, 0.15) is 32.0 Å². The van der Waals surface area contributed by atoms with Crippen LogP contribution in [0.3, 0.4) is 0 Å². The maximum Gasteiger partial charge on any atom is 0.140 e. The van der Waals surface area contributed by atoms with Gasteiger partial charge in [-0.1, -0.05) is 26.8 Å². The van der Waals surface area contributed by atoms with E-state index in [0.29, 0.717) is 0 Å². The molecule has 0 aromatic carbocycles. The van der Waals surface area contributed by atoms with E-state index in [-0.39, 0.29) is 5.41 Å². The predicted octanol–water partition coefficient (Wildman–Crippen LogP) is 3.99. The molecule has 2 aromatic heterocycles. The van der Waals surface area contributed by atoms with Gasteiger partial charge in [-0.25, -0.2) is 4.98 Å². The van der Waals surface area contributed by atoms with Crippen LogP contribution in [0.15, 0.2) is 22.9 Å². The van der Waals surface area contributed by atoms with Crippen LogP contribution in [0.2, 0.25) is 0 Å². The molecule has 0 bridgehead atoms. The summed E-state index contributed by atoms with van der Waals surface area (Å²) >= 11 is 3.64. The fraction of sp³-hybridized carbons (Fsp3) is 0.462. The van der Waals surface area contributed by atoms with Gasteiger partial charge >= 0.3 is 0 Å². The van der Waals surface area contributed by atoms with Crippen molar-refractivity contribution in [3.05, 3.63) is 34.2 Å².